The Balaban J connectivity index is 1.78. The highest BCUT2D eigenvalue weighted by molar-refractivity contribution is 5.78. The molecule has 0 N–H and O–H groups in total. The number of amides is 1. The zero-order valence-corrected chi connectivity index (χ0v) is 14.7. The van der Waals surface area contributed by atoms with Crippen LogP contribution in [-0.2, 0) is 9.53 Å². The largest absolute Gasteiger partial charge is 0.380 e. The summed E-state index contributed by atoms with van der Waals surface area (Å²) in [7, 11) is 1.75. The van der Waals surface area contributed by atoms with E-state index in [1.165, 1.54) is 0 Å². The Morgan fingerprint density at radius 3 is 2.52 bits per heavy atom. The third-order valence-electron chi connectivity index (χ3n) is 4.98. The molecule has 0 unspecified atom stereocenters. The summed E-state index contributed by atoms with van der Waals surface area (Å²) in [6.07, 6.45) is 2.44. The standard InChI is InChI=1S/C17H30N4O2/c1-14(2)16(11-18)20-7-9-21(10-8-20)17(22)13-19-6-4-5-15(12-19)23-3/h14-16H,4-10,12-13H2,1-3H3/t15-,16+/m1/s1. The van der Waals surface area contributed by atoms with Crippen molar-refractivity contribution in [3.8, 4) is 6.07 Å². The average Bonchev–Trinajstić information content (AvgIpc) is 2.56. The Bertz CT molecular complexity index is 427. The number of piperidine rings is 1. The number of nitrogens with zero attached hydrogens (tertiary/aromatic N) is 4. The number of nitriles is 1. The van der Waals surface area contributed by atoms with Gasteiger partial charge in [-0.3, -0.25) is 14.6 Å². The molecule has 0 aliphatic carbocycles. The molecule has 2 aliphatic heterocycles. The van der Waals surface area contributed by atoms with Crippen LogP contribution in [0.1, 0.15) is 26.7 Å². The third-order valence-corrected chi connectivity index (χ3v) is 4.98. The molecule has 2 saturated heterocycles. The molecular weight excluding hydrogens is 292 g/mol. The lowest BCUT2D eigenvalue weighted by Crippen LogP contribution is -2.55. The quantitative estimate of drug-likeness (QED) is 0.749. The van der Waals surface area contributed by atoms with Gasteiger partial charge in [-0.15, -0.1) is 0 Å². The first-order chi connectivity index (χ1) is 11.0. The maximum absolute atomic E-state index is 12.5. The van der Waals surface area contributed by atoms with E-state index in [2.05, 4.69) is 29.7 Å². The molecule has 0 spiro atoms. The lowest BCUT2D eigenvalue weighted by molar-refractivity contribution is -0.135. The normalized spacial score (nSPS) is 25.3. The minimum absolute atomic E-state index is 0.0446. The summed E-state index contributed by atoms with van der Waals surface area (Å²) in [6, 6.07) is 2.35. The molecule has 0 aromatic heterocycles. The summed E-state index contributed by atoms with van der Waals surface area (Å²) in [4.78, 5) is 18.9. The van der Waals surface area contributed by atoms with E-state index in [0.717, 1.165) is 52.1 Å². The number of likely N-dealkylation sites (tertiary alicyclic amines) is 1. The summed E-state index contributed by atoms with van der Waals surface area (Å²) in [5.41, 5.74) is 0. The van der Waals surface area contributed by atoms with Gasteiger partial charge in [-0.05, 0) is 25.3 Å². The van der Waals surface area contributed by atoms with E-state index in [4.69, 9.17) is 4.74 Å². The lowest BCUT2D eigenvalue weighted by atomic mass is 10.0. The van der Waals surface area contributed by atoms with Gasteiger partial charge in [0.05, 0.1) is 18.7 Å². The second-order valence-electron chi connectivity index (χ2n) is 6.97. The van der Waals surface area contributed by atoms with Crippen molar-refractivity contribution in [2.45, 2.75) is 38.8 Å². The highest BCUT2D eigenvalue weighted by atomic mass is 16.5. The van der Waals surface area contributed by atoms with Crippen molar-refractivity contribution >= 4 is 5.91 Å². The number of rotatable bonds is 5. The van der Waals surface area contributed by atoms with Gasteiger partial charge in [0, 0.05) is 39.8 Å². The molecule has 0 radical (unpaired) electrons. The monoisotopic (exact) mass is 322 g/mol. The zero-order valence-electron chi connectivity index (χ0n) is 14.7. The Labute approximate surface area is 140 Å². The average molecular weight is 322 g/mol. The molecule has 0 aromatic carbocycles. The SMILES string of the molecule is CO[C@@H]1CCCN(CC(=O)N2CCN([C@@H](C#N)C(C)C)CC2)C1. The minimum Gasteiger partial charge on any atom is -0.380 e. The van der Waals surface area contributed by atoms with Gasteiger partial charge in [-0.25, -0.2) is 0 Å². The first-order valence-corrected chi connectivity index (χ1v) is 8.71. The summed E-state index contributed by atoms with van der Waals surface area (Å²) < 4.78 is 5.42. The number of piperazine rings is 1. The number of carbonyl (C=O) groups excluding carboxylic acids is 1. The van der Waals surface area contributed by atoms with Crippen molar-refractivity contribution in [3.05, 3.63) is 0 Å². The van der Waals surface area contributed by atoms with E-state index in [-0.39, 0.29) is 18.1 Å². The topological polar surface area (TPSA) is 59.8 Å². The van der Waals surface area contributed by atoms with Crippen LogP contribution >= 0.6 is 0 Å². The van der Waals surface area contributed by atoms with E-state index in [9.17, 15) is 10.1 Å². The first-order valence-electron chi connectivity index (χ1n) is 8.71. The molecule has 0 aromatic rings. The number of methoxy groups -OCH3 is 1. The molecule has 1 amide bonds. The predicted molar refractivity (Wildman–Crippen MR) is 88.9 cm³/mol. The maximum atomic E-state index is 12.5. The molecule has 130 valence electrons. The number of hydrogen-bond acceptors (Lipinski definition) is 5. The fraction of sp³-hybridized carbons (Fsp3) is 0.882. The number of carbonyl (C=O) groups is 1. The van der Waals surface area contributed by atoms with Crippen molar-refractivity contribution in [3.63, 3.8) is 0 Å². The van der Waals surface area contributed by atoms with Crippen LogP contribution in [0.4, 0.5) is 0 Å². The summed E-state index contributed by atoms with van der Waals surface area (Å²) in [6.45, 7) is 9.53. The van der Waals surface area contributed by atoms with Gasteiger partial charge >= 0.3 is 0 Å². The van der Waals surface area contributed by atoms with Crippen LogP contribution in [0.15, 0.2) is 0 Å². The molecule has 0 bridgehead atoms. The van der Waals surface area contributed by atoms with E-state index < -0.39 is 0 Å². The van der Waals surface area contributed by atoms with Gasteiger partial charge in [0.1, 0.15) is 6.04 Å². The predicted octanol–water partition coefficient (Wildman–Crippen LogP) is 0.790. The van der Waals surface area contributed by atoms with Crippen LogP contribution < -0.4 is 0 Å². The number of hydrogen-bond donors (Lipinski definition) is 0. The molecule has 2 heterocycles. The Kier molecular flexibility index (Phi) is 6.82. The van der Waals surface area contributed by atoms with Crippen LogP contribution in [0.2, 0.25) is 0 Å². The fourth-order valence-corrected chi connectivity index (χ4v) is 3.54. The van der Waals surface area contributed by atoms with Crippen LogP contribution in [0.25, 0.3) is 0 Å². The van der Waals surface area contributed by atoms with Crippen LogP contribution in [0.3, 0.4) is 0 Å². The molecule has 2 aliphatic rings. The van der Waals surface area contributed by atoms with Crippen molar-refractivity contribution in [1.29, 1.82) is 5.26 Å². The zero-order chi connectivity index (χ0) is 16.8. The van der Waals surface area contributed by atoms with Crippen LogP contribution in [0, 0.1) is 17.2 Å². The molecule has 6 nitrogen and oxygen atoms in total. The Morgan fingerprint density at radius 2 is 1.96 bits per heavy atom. The second-order valence-corrected chi connectivity index (χ2v) is 6.97. The molecule has 2 atom stereocenters. The van der Waals surface area contributed by atoms with E-state index in [1.807, 2.05) is 4.90 Å². The highest BCUT2D eigenvalue weighted by Gasteiger charge is 2.29. The van der Waals surface area contributed by atoms with Crippen molar-refractivity contribution in [1.82, 2.24) is 14.7 Å². The van der Waals surface area contributed by atoms with Gasteiger partial charge in [0.15, 0.2) is 0 Å². The van der Waals surface area contributed by atoms with Crippen molar-refractivity contribution in [2.24, 2.45) is 5.92 Å². The van der Waals surface area contributed by atoms with E-state index in [1.54, 1.807) is 7.11 Å². The smallest absolute Gasteiger partial charge is 0.236 e. The Morgan fingerprint density at radius 1 is 1.26 bits per heavy atom. The molecular formula is C17H30N4O2. The van der Waals surface area contributed by atoms with Gasteiger partial charge in [0.2, 0.25) is 5.91 Å². The first kappa shape index (κ1) is 18.2. The van der Waals surface area contributed by atoms with Crippen LogP contribution in [0.5, 0.6) is 0 Å². The lowest BCUT2D eigenvalue weighted by Gasteiger charge is -2.39. The fourth-order valence-electron chi connectivity index (χ4n) is 3.54. The summed E-state index contributed by atoms with van der Waals surface area (Å²) >= 11 is 0. The van der Waals surface area contributed by atoms with Crippen molar-refractivity contribution in [2.75, 3.05) is 52.9 Å². The minimum atomic E-state index is -0.0446. The van der Waals surface area contributed by atoms with E-state index in [0.29, 0.717) is 12.5 Å². The third kappa shape index (κ3) is 4.90. The molecule has 2 fully saturated rings. The van der Waals surface area contributed by atoms with Gasteiger partial charge < -0.3 is 9.64 Å². The van der Waals surface area contributed by atoms with Gasteiger partial charge in [-0.1, -0.05) is 13.8 Å². The second kappa shape index (κ2) is 8.62. The van der Waals surface area contributed by atoms with Gasteiger partial charge in [0.25, 0.3) is 0 Å². The molecule has 6 heteroatoms. The molecule has 2 rings (SSSR count). The van der Waals surface area contributed by atoms with Gasteiger partial charge in [-0.2, -0.15) is 5.26 Å². The number of ether oxygens (including phenoxy) is 1. The summed E-state index contributed by atoms with van der Waals surface area (Å²) in [5, 5.41) is 9.30. The highest BCUT2D eigenvalue weighted by Crippen LogP contribution is 2.15. The Hall–Kier alpha value is -1.16. The van der Waals surface area contributed by atoms with E-state index >= 15 is 0 Å². The summed E-state index contributed by atoms with van der Waals surface area (Å²) in [5.74, 6) is 0.529. The molecule has 23 heavy (non-hydrogen) atoms. The van der Waals surface area contributed by atoms with Crippen LogP contribution in [-0.4, -0.2) is 85.7 Å². The maximum Gasteiger partial charge on any atom is 0.236 e. The van der Waals surface area contributed by atoms with Crippen molar-refractivity contribution < 1.29 is 9.53 Å². The molecule has 0 saturated carbocycles.